The molecule has 0 aliphatic rings. The fraction of sp³-hybridized carbons (Fsp3) is 0.185. The Morgan fingerprint density at radius 2 is 1.72 bits per heavy atom. The summed E-state index contributed by atoms with van der Waals surface area (Å²) in [6, 6.07) is 22.1. The highest BCUT2D eigenvalue weighted by atomic mass is 16.1. The predicted molar refractivity (Wildman–Crippen MR) is 134 cm³/mol. The molecule has 0 saturated carbocycles. The zero-order valence-corrected chi connectivity index (χ0v) is 18.7. The fourth-order valence-electron chi connectivity index (χ4n) is 3.72. The van der Waals surface area contributed by atoms with E-state index < -0.39 is 0 Å². The number of rotatable bonds is 6. The Bertz CT molecular complexity index is 1330. The maximum atomic E-state index is 13.5. The molecule has 0 atom stereocenters. The SMILES string of the molecule is Cc1ccc2nc(/C=C/c3ccc(N(C)C)cc3)n(Cc3cccc(CN)c3)c(=O)c2c1. The third-order valence-electron chi connectivity index (χ3n) is 5.54. The zero-order valence-electron chi connectivity index (χ0n) is 18.7. The van der Waals surface area contributed by atoms with Crippen molar-refractivity contribution >= 4 is 28.7 Å². The molecule has 5 nitrogen and oxygen atoms in total. The first-order valence-corrected chi connectivity index (χ1v) is 10.7. The van der Waals surface area contributed by atoms with E-state index in [1.54, 1.807) is 4.57 Å². The summed E-state index contributed by atoms with van der Waals surface area (Å²) >= 11 is 0. The van der Waals surface area contributed by atoms with Crippen molar-refractivity contribution < 1.29 is 0 Å². The molecule has 0 aliphatic carbocycles. The van der Waals surface area contributed by atoms with Crippen molar-refractivity contribution in [2.24, 2.45) is 5.73 Å². The standard InChI is InChI=1S/C27H28N4O/c1-19-7-13-25-24(15-19)27(32)31(18-22-6-4-5-21(16-22)17-28)26(29-25)14-10-20-8-11-23(12-9-20)30(2)3/h4-16H,17-18,28H2,1-3H3/b14-10+. The lowest BCUT2D eigenvalue weighted by Gasteiger charge is -2.13. The van der Waals surface area contributed by atoms with Gasteiger partial charge in [-0.05, 0) is 54.0 Å². The van der Waals surface area contributed by atoms with Crippen LogP contribution in [0.15, 0.2) is 71.5 Å². The summed E-state index contributed by atoms with van der Waals surface area (Å²) in [4.78, 5) is 20.3. The van der Waals surface area contributed by atoms with Gasteiger partial charge in [-0.2, -0.15) is 0 Å². The minimum Gasteiger partial charge on any atom is -0.378 e. The van der Waals surface area contributed by atoms with Gasteiger partial charge in [-0.15, -0.1) is 0 Å². The van der Waals surface area contributed by atoms with Crippen LogP contribution in [0.25, 0.3) is 23.1 Å². The quantitative estimate of drug-likeness (QED) is 0.497. The summed E-state index contributed by atoms with van der Waals surface area (Å²) in [6.07, 6.45) is 3.91. The van der Waals surface area contributed by atoms with E-state index >= 15 is 0 Å². The van der Waals surface area contributed by atoms with E-state index in [9.17, 15) is 4.79 Å². The number of hydrogen-bond acceptors (Lipinski definition) is 4. The summed E-state index contributed by atoms with van der Waals surface area (Å²) in [7, 11) is 4.04. The minimum atomic E-state index is -0.0422. The van der Waals surface area contributed by atoms with E-state index in [1.165, 1.54) is 0 Å². The first-order chi connectivity index (χ1) is 15.4. The molecule has 0 amide bonds. The summed E-state index contributed by atoms with van der Waals surface area (Å²) in [5, 5.41) is 0.632. The molecule has 3 aromatic carbocycles. The summed E-state index contributed by atoms with van der Waals surface area (Å²) < 4.78 is 1.74. The van der Waals surface area contributed by atoms with Crippen molar-refractivity contribution in [3.8, 4) is 0 Å². The van der Waals surface area contributed by atoms with Crippen molar-refractivity contribution in [1.82, 2.24) is 9.55 Å². The van der Waals surface area contributed by atoms with E-state index in [2.05, 4.69) is 29.2 Å². The monoisotopic (exact) mass is 424 g/mol. The number of anilines is 1. The third kappa shape index (κ3) is 4.63. The Balaban J connectivity index is 1.79. The van der Waals surface area contributed by atoms with Gasteiger partial charge in [-0.1, -0.05) is 54.1 Å². The van der Waals surface area contributed by atoms with Gasteiger partial charge in [0.2, 0.25) is 0 Å². The molecule has 0 unspecified atom stereocenters. The number of aromatic nitrogens is 2. The van der Waals surface area contributed by atoms with Gasteiger partial charge in [0.15, 0.2) is 0 Å². The van der Waals surface area contributed by atoms with Crippen LogP contribution in [0.3, 0.4) is 0 Å². The average molecular weight is 425 g/mol. The second-order valence-electron chi connectivity index (χ2n) is 8.23. The van der Waals surface area contributed by atoms with E-state index in [0.29, 0.717) is 29.8 Å². The van der Waals surface area contributed by atoms with Crippen LogP contribution in [-0.2, 0) is 13.1 Å². The smallest absolute Gasteiger partial charge is 0.261 e. The summed E-state index contributed by atoms with van der Waals surface area (Å²) in [6.45, 7) is 2.88. The van der Waals surface area contributed by atoms with Gasteiger partial charge in [0.05, 0.1) is 17.4 Å². The summed E-state index contributed by atoms with van der Waals surface area (Å²) in [5.74, 6) is 0.626. The molecular weight excluding hydrogens is 396 g/mol. The number of nitrogens with zero attached hydrogens (tertiary/aromatic N) is 3. The van der Waals surface area contributed by atoms with Crippen LogP contribution in [0.5, 0.6) is 0 Å². The number of nitrogens with two attached hydrogens (primary N) is 1. The maximum Gasteiger partial charge on any atom is 0.261 e. The molecule has 32 heavy (non-hydrogen) atoms. The van der Waals surface area contributed by atoms with Crippen molar-refractivity contribution in [1.29, 1.82) is 0 Å². The normalized spacial score (nSPS) is 11.4. The van der Waals surface area contributed by atoms with Crippen LogP contribution < -0.4 is 16.2 Å². The third-order valence-corrected chi connectivity index (χ3v) is 5.54. The first-order valence-electron chi connectivity index (χ1n) is 10.7. The fourth-order valence-corrected chi connectivity index (χ4v) is 3.72. The Labute approximate surface area is 188 Å². The van der Waals surface area contributed by atoms with Gasteiger partial charge >= 0.3 is 0 Å². The molecule has 162 valence electrons. The van der Waals surface area contributed by atoms with Gasteiger partial charge in [0, 0.05) is 26.3 Å². The molecule has 0 aliphatic heterocycles. The Kier molecular flexibility index (Phi) is 6.19. The van der Waals surface area contributed by atoms with E-state index in [1.807, 2.05) is 75.6 Å². The molecular formula is C27H28N4O. The van der Waals surface area contributed by atoms with Crippen LogP contribution in [-0.4, -0.2) is 23.6 Å². The van der Waals surface area contributed by atoms with Crippen LogP contribution in [0.1, 0.15) is 28.1 Å². The molecule has 4 rings (SSSR count). The predicted octanol–water partition coefficient (Wildman–Crippen LogP) is 4.45. The molecule has 5 heteroatoms. The topological polar surface area (TPSA) is 64.2 Å². The van der Waals surface area contributed by atoms with E-state index in [-0.39, 0.29) is 5.56 Å². The number of benzene rings is 3. The van der Waals surface area contributed by atoms with Crippen molar-refractivity contribution in [3.63, 3.8) is 0 Å². The van der Waals surface area contributed by atoms with Crippen molar-refractivity contribution in [3.05, 3.63) is 105 Å². The minimum absolute atomic E-state index is 0.0422. The zero-order chi connectivity index (χ0) is 22.7. The second kappa shape index (κ2) is 9.20. The second-order valence-corrected chi connectivity index (χ2v) is 8.23. The molecule has 0 spiro atoms. The van der Waals surface area contributed by atoms with Crippen molar-refractivity contribution in [2.45, 2.75) is 20.0 Å². The Morgan fingerprint density at radius 3 is 2.44 bits per heavy atom. The maximum absolute atomic E-state index is 13.5. The lowest BCUT2D eigenvalue weighted by atomic mass is 10.1. The molecule has 1 aromatic heterocycles. The highest BCUT2D eigenvalue weighted by molar-refractivity contribution is 5.80. The van der Waals surface area contributed by atoms with Crippen molar-refractivity contribution in [2.75, 3.05) is 19.0 Å². The number of fused-ring (bicyclic) bond motifs is 1. The Morgan fingerprint density at radius 1 is 0.969 bits per heavy atom. The summed E-state index contributed by atoms with van der Waals surface area (Å²) in [5.41, 5.74) is 11.8. The molecule has 0 bridgehead atoms. The lowest BCUT2D eigenvalue weighted by molar-refractivity contribution is 0.737. The molecule has 0 saturated heterocycles. The van der Waals surface area contributed by atoms with Gasteiger partial charge < -0.3 is 10.6 Å². The molecule has 1 heterocycles. The van der Waals surface area contributed by atoms with Gasteiger partial charge in [-0.25, -0.2) is 4.98 Å². The number of aryl methyl sites for hydroxylation is 1. The van der Waals surface area contributed by atoms with Crippen LogP contribution in [0.2, 0.25) is 0 Å². The van der Waals surface area contributed by atoms with Gasteiger partial charge in [0.1, 0.15) is 5.82 Å². The average Bonchev–Trinajstić information content (AvgIpc) is 2.80. The molecule has 2 N–H and O–H groups in total. The first kappa shape index (κ1) is 21.5. The highest BCUT2D eigenvalue weighted by Crippen LogP contribution is 2.17. The highest BCUT2D eigenvalue weighted by Gasteiger charge is 2.11. The van der Waals surface area contributed by atoms with E-state index in [4.69, 9.17) is 10.7 Å². The van der Waals surface area contributed by atoms with E-state index in [0.717, 1.165) is 27.9 Å². The molecule has 0 fully saturated rings. The molecule has 4 aromatic rings. The molecule has 0 radical (unpaired) electrons. The Hall–Kier alpha value is -3.70. The van der Waals surface area contributed by atoms with Gasteiger partial charge in [0.25, 0.3) is 5.56 Å². The largest absolute Gasteiger partial charge is 0.378 e. The van der Waals surface area contributed by atoms with Crippen LogP contribution >= 0.6 is 0 Å². The number of hydrogen-bond donors (Lipinski definition) is 1. The lowest BCUT2D eigenvalue weighted by Crippen LogP contribution is -2.24. The van der Waals surface area contributed by atoms with Crippen LogP contribution in [0, 0.1) is 6.92 Å². The van der Waals surface area contributed by atoms with Gasteiger partial charge in [-0.3, -0.25) is 9.36 Å². The van der Waals surface area contributed by atoms with Crippen LogP contribution in [0.4, 0.5) is 5.69 Å².